The normalized spacial score (nSPS) is 38.0. The predicted molar refractivity (Wildman–Crippen MR) is 67.4 cm³/mol. The Labute approximate surface area is 97.4 Å². The first-order chi connectivity index (χ1) is 7.18. The number of hydrogen-bond acceptors (Lipinski definition) is 4. The van der Waals surface area contributed by atoms with E-state index in [1.807, 2.05) is 0 Å². The zero-order valence-electron chi connectivity index (χ0n) is 9.91. The highest BCUT2D eigenvalue weighted by atomic mass is 32.2. The van der Waals surface area contributed by atoms with Crippen molar-refractivity contribution in [3.8, 4) is 0 Å². The number of likely N-dealkylation sites (tertiary alicyclic amines) is 1. The van der Waals surface area contributed by atoms with Gasteiger partial charge in [0.2, 0.25) is 0 Å². The molecule has 0 saturated carbocycles. The monoisotopic (exact) mass is 229 g/mol. The maximum atomic E-state index is 6.00. The molecule has 2 rings (SSSR count). The molecule has 0 amide bonds. The summed E-state index contributed by atoms with van der Waals surface area (Å²) in [6.45, 7) is 3.28. The lowest BCUT2D eigenvalue weighted by molar-refractivity contribution is 0.138. The molecule has 0 aromatic carbocycles. The van der Waals surface area contributed by atoms with Gasteiger partial charge in [-0.05, 0) is 32.7 Å². The molecule has 0 radical (unpaired) electrons. The summed E-state index contributed by atoms with van der Waals surface area (Å²) in [5.74, 6) is 2.53. The largest absolute Gasteiger partial charge is 0.329 e. The minimum Gasteiger partial charge on any atom is -0.329 e. The molecule has 2 aliphatic heterocycles. The number of thioether (sulfide) groups is 1. The minimum absolute atomic E-state index is 0.329. The molecule has 2 aliphatic rings. The van der Waals surface area contributed by atoms with Crippen molar-refractivity contribution in [3.05, 3.63) is 0 Å². The molecule has 0 aromatic heterocycles. The molecular weight excluding hydrogens is 206 g/mol. The summed E-state index contributed by atoms with van der Waals surface area (Å²) in [4.78, 5) is 5.00. The van der Waals surface area contributed by atoms with Gasteiger partial charge < -0.3 is 10.6 Å². The molecule has 15 heavy (non-hydrogen) atoms. The van der Waals surface area contributed by atoms with E-state index < -0.39 is 0 Å². The van der Waals surface area contributed by atoms with Crippen LogP contribution in [0.2, 0.25) is 0 Å². The molecule has 2 fully saturated rings. The van der Waals surface area contributed by atoms with E-state index in [-0.39, 0.29) is 0 Å². The number of hydrogen-bond donors (Lipinski definition) is 1. The van der Waals surface area contributed by atoms with Crippen LogP contribution in [0.1, 0.15) is 12.8 Å². The molecule has 2 saturated heterocycles. The lowest BCUT2D eigenvalue weighted by atomic mass is 9.97. The Kier molecular flexibility index (Phi) is 3.60. The van der Waals surface area contributed by atoms with E-state index in [1.165, 1.54) is 37.4 Å². The van der Waals surface area contributed by atoms with E-state index in [1.54, 1.807) is 0 Å². The predicted octanol–water partition coefficient (Wildman–Crippen LogP) is 0.457. The first-order valence-electron chi connectivity index (χ1n) is 5.87. The van der Waals surface area contributed by atoms with Crippen LogP contribution in [0.3, 0.4) is 0 Å². The van der Waals surface area contributed by atoms with Crippen LogP contribution in [0.15, 0.2) is 0 Å². The van der Waals surface area contributed by atoms with Gasteiger partial charge in [-0.3, -0.25) is 4.90 Å². The molecule has 2 atom stereocenters. The molecule has 4 heteroatoms. The quantitative estimate of drug-likeness (QED) is 0.762. The highest BCUT2D eigenvalue weighted by Crippen LogP contribution is 2.35. The van der Waals surface area contributed by atoms with E-state index in [2.05, 4.69) is 35.7 Å². The first-order valence-corrected chi connectivity index (χ1v) is 7.03. The van der Waals surface area contributed by atoms with Gasteiger partial charge in [0.25, 0.3) is 0 Å². The van der Waals surface area contributed by atoms with Crippen LogP contribution in [-0.4, -0.2) is 66.6 Å². The second kappa shape index (κ2) is 4.62. The van der Waals surface area contributed by atoms with Crippen LogP contribution in [0, 0.1) is 0 Å². The molecule has 0 bridgehead atoms. The lowest BCUT2D eigenvalue weighted by Gasteiger charge is -2.37. The number of likely N-dealkylation sites (N-methyl/N-ethyl adjacent to an activating group) is 1. The van der Waals surface area contributed by atoms with Crippen molar-refractivity contribution in [1.29, 1.82) is 0 Å². The molecule has 2 heterocycles. The van der Waals surface area contributed by atoms with Crippen molar-refractivity contribution in [2.45, 2.75) is 24.4 Å². The summed E-state index contributed by atoms with van der Waals surface area (Å²) < 4.78 is 0. The van der Waals surface area contributed by atoms with Crippen molar-refractivity contribution in [2.24, 2.45) is 5.73 Å². The molecule has 0 spiro atoms. The van der Waals surface area contributed by atoms with Crippen molar-refractivity contribution in [1.82, 2.24) is 9.80 Å². The van der Waals surface area contributed by atoms with Crippen LogP contribution < -0.4 is 5.73 Å². The second-order valence-electron chi connectivity index (χ2n) is 5.08. The number of rotatable bonds is 3. The highest BCUT2D eigenvalue weighted by Gasteiger charge is 2.42. The van der Waals surface area contributed by atoms with Crippen molar-refractivity contribution >= 4 is 11.8 Å². The molecule has 3 nitrogen and oxygen atoms in total. The van der Waals surface area contributed by atoms with Crippen LogP contribution in [0.5, 0.6) is 0 Å². The topological polar surface area (TPSA) is 32.5 Å². The van der Waals surface area contributed by atoms with E-state index in [0.29, 0.717) is 5.54 Å². The summed E-state index contributed by atoms with van der Waals surface area (Å²) >= 11 is 2.07. The summed E-state index contributed by atoms with van der Waals surface area (Å²) in [6.07, 6.45) is 2.59. The Bertz CT molecular complexity index is 214. The van der Waals surface area contributed by atoms with Gasteiger partial charge in [0.05, 0.1) is 0 Å². The fraction of sp³-hybridized carbons (Fsp3) is 1.00. The Hall–Kier alpha value is 0.230. The molecule has 0 aromatic rings. The van der Waals surface area contributed by atoms with Crippen LogP contribution >= 0.6 is 11.8 Å². The average Bonchev–Trinajstić information content (AvgIpc) is 2.87. The van der Waals surface area contributed by atoms with Crippen LogP contribution in [0.4, 0.5) is 0 Å². The van der Waals surface area contributed by atoms with Gasteiger partial charge in [0.15, 0.2) is 0 Å². The zero-order valence-corrected chi connectivity index (χ0v) is 10.7. The first kappa shape index (κ1) is 11.7. The van der Waals surface area contributed by atoms with Gasteiger partial charge in [-0.1, -0.05) is 0 Å². The van der Waals surface area contributed by atoms with Gasteiger partial charge in [-0.2, -0.15) is 11.8 Å². The number of nitrogens with zero attached hydrogens (tertiary/aromatic N) is 2. The highest BCUT2D eigenvalue weighted by molar-refractivity contribution is 7.99. The average molecular weight is 229 g/mol. The molecule has 2 N–H and O–H groups in total. The molecule has 2 unspecified atom stereocenters. The van der Waals surface area contributed by atoms with E-state index >= 15 is 0 Å². The fourth-order valence-electron chi connectivity index (χ4n) is 2.73. The second-order valence-corrected chi connectivity index (χ2v) is 6.19. The van der Waals surface area contributed by atoms with E-state index in [9.17, 15) is 0 Å². The Morgan fingerprint density at radius 3 is 2.80 bits per heavy atom. The summed E-state index contributed by atoms with van der Waals surface area (Å²) in [5, 5.41) is 0. The zero-order chi connectivity index (χ0) is 10.9. The van der Waals surface area contributed by atoms with Gasteiger partial charge in [0, 0.05) is 37.0 Å². The molecular formula is C11H23N3S. The third kappa shape index (κ3) is 2.18. The van der Waals surface area contributed by atoms with Crippen molar-refractivity contribution in [2.75, 3.05) is 45.2 Å². The van der Waals surface area contributed by atoms with Crippen LogP contribution in [0.25, 0.3) is 0 Å². The van der Waals surface area contributed by atoms with E-state index in [4.69, 9.17) is 5.73 Å². The molecule has 88 valence electrons. The van der Waals surface area contributed by atoms with Gasteiger partial charge in [-0.25, -0.2) is 0 Å². The third-order valence-corrected chi connectivity index (χ3v) is 5.26. The van der Waals surface area contributed by atoms with Crippen molar-refractivity contribution in [3.63, 3.8) is 0 Å². The lowest BCUT2D eigenvalue weighted by Crippen LogP contribution is -2.53. The maximum absolute atomic E-state index is 6.00. The van der Waals surface area contributed by atoms with Gasteiger partial charge in [0.1, 0.15) is 0 Å². The van der Waals surface area contributed by atoms with E-state index in [0.717, 1.165) is 12.6 Å². The SMILES string of the molecule is CN(C)C1CCN(C2(CN)CCSC2)C1. The third-order valence-electron chi connectivity index (χ3n) is 4.03. The van der Waals surface area contributed by atoms with Gasteiger partial charge in [-0.15, -0.1) is 0 Å². The maximum Gasteiger partial charge on any atom is 0.0430 e. The number of nitrogens with two attached hydrogens (primary N) is 1. The fourth-order valence-corrected chi connectivity index (χ4v) is 4.22. The molecule has 0 aliphatic carbocycles. The van der Waals surface area contributed by atoms with Gasteiger partial charge >= 0.3 is 0 Å². The minimum atomic E-state index is 0.329. The van der Waals surface area contributed by atoms with Crippen molar-refractivity contribution < 1.29 is 0 Å². The Morgan fingerprint density at radius 1 is 1.53 bits per heavy atom. The Balaban J connectivity index is 1.99. The summed E-state index contributed by atoms with van der Waals surface area (Å²) in [7, 11) is 4.37. The Morgan fingerprint density at radius 2 is 2.33 bits per heavy atom. The standard InChI is InChI=1S/C11H23N3S/c1-13(2)10-3-5-14(7-10)11(8-12)4-6-15-9-11/h10H,3-9,12H2,1-2H3. The summed E-state index contributed by atoms with van der Waals surface area (Å²) in [5.41, 5.74) is 6.33. The summed E-state index contributed by atoms with van der Waals surface area (Å²) in [6, 6.07) is 0.735. The smallest absolute Gasteiger partial charge is 0.0430 e. The van der Waals surface area contributed by atoms with Crippen LogP contribution in [-0.2, 0) is 0 Å².